The molecule has 2 unspecified atom stereocenters. The van der Waals surface area contributed by atoms with E-state index in [2.05, 4.69) is 58.5 Å². The first kappa shape index (κ1) is 21.8. The van der Waals surface area contributed by atoms with Gasteiger partial charge in [0, 0.05) is 10.9 Å². The van der Waals surface area contributed by atoms with Crippen molar-refractivity contribution in [3.63, 3.8) is 0 Å². The number of phenolic OH excluding ortho intramolecular Hbond substituents is 1. The van der Waals surface area contributed by atoms with E-state index in [0.717, 1.165) is 41.9 Å². The molecule has 3 aromatic carbocycles. The van der Waals surface area contributed by atoms with E-state index in [1.54, 1.807) is 0 Å². The van der Waals surface area contributed by atoms with Crippen LogP contribution in [0, 0.1) is 18.8 Å². The Balaban J connectivity index is 1.87. The van der Waals surface area contributed by atoms with Crippen molar-refractivity contribution in [2.45, 2.75) is 47.0 Å². The zero-order chi connectivity index (χ0) is 21.8. The van der Waals surface area contributed by atoms with Crippen molar-refractivity contribution < 1.29 is 9.90 Å². The number of aromatic hydroxyl groups is 1. The molecule has 3 aromatic rings. The normalized spacial score (nSPS) is 13.2. The van der Waals surface area contributed by atoms with Crippen molar-refractivity contribution in [1.29, 1.82) is 0 Å². The number of fused-ring (bicyclic) bond motifs is 1. The van der Waals surface area contributed by atoms with Crippen LogP contribution in [-0.4, -0.2) is 11.4 Å². The summed E-state index contributed by atoms with van der Waals surface area (Å²) in [6.07, 6.45) is 3.98. The Labute approximate surface area is 180 Å². The Bertz CT molecular complexity index is 1080. The molecule has 0 amide bonds. The molecule has 0 saturated carbocycles. The fourth-order valence-electron chi connectivity index (χ4n) is 4.10. The summed E-state index contributed by atoms with van der Waals surface area (Å²) in [6.45, 7) is 13.1. The van der Waals surface area contributed by atoms with E-state index in [1.807, 2.05) is 18.2 Å². The molecule has 2 heteroatoms. The highest BCUT2D eigenvalue weighted by atomic mass is 16.3. The smallest absolute Gasteiger partial charge is 0.150 e. The number of hydrogen-bond acceptors (Lipinski definition) is 2. The average molecular weight is 401 g/mol. The van der Waals surface area contributed by atoms with Gasteiger partial charge in [-0.25, -0.2) is 0 Å². The molecule has 1 N–H and O–H groups in total. The highest BCUT2D eigenvalue weighted by molar-refractivity contribution is 5.96. The van der Waals surface area contributed by atoms with Crippen molar-refractivity contribution in [1.82, 2.24) is 0 Å². The fraction of sp³-hybridized carbons (Fsp3) is 0.321. The lowest BCUT2D eigenvalue weighted by Crippen LogP contribution is -2.11. The fourth-order valence-corrected chi connectivity index (χ4v) is 4.10. The van der Waals surface area contributed by atoms with E-state index >= 15 is 0 Å². The SMILES string of the molecule is C=C(CC)C(C)C(C)CCc1ccc(C)c(-c2ccc3cc(C=O)cc(O)c3c2)c1. The van der Waals surface area contributed by atoms with E-state index in [0.29, 0.717) is 17.4 Å². The van der Waals surface area contributed by atoms with Crippen LogP contribution in [-0.2, 0) is 6.42 Å². The molecule has 0 spiro atoms. The van der Waals surface area contributed by atoms with Crippen LogP contribution in [0.25, 0.3) is 21.9 Å². The second-order valence-corrected chi connectivity index (χ2v) is 8.56. The molecule has 2 nitrogen and oxygen atoms in total. The highest BCUT2D eigenvalue weighted by Crippen LogP contribution is 2.33. The van der Waals surface area contributed by atoms with Crippen LogP contribution >= 0.6 is 0 Å². The Morgan fingerprint density at radius 2 is 1.87 bits per heavy atom. The van der Waals surface area contributed by atoms with Crippen LogP contribution in [0.3, 0.4) is 0 Å². The molecular weight excluding hydrogens is 368 g/mol. The first-order valence-electron chi connectivity index (χ1n) is 10.8. The van der Waals surface area contributed by atoms with Gasteiger partial charge in [0.25, 0.3) is 0 Å². The largest absolute Gasteiger partial charge is 0.507 e. The van der Waals surface area contributed by atoms with Crippen molar-refractivity contribution in [2.24, 2.45) is 11.8 Å². The van der Waals surface area contributed by atoms with Crippen LogP contribution in [0.5, 0.6) is 5.75 Å². The maximum atomic E-state index is 11.1. The van der Waals surface area contributed by atoms with Gasteiger partial charge in [0.1, 0.15) is 12.0 Å². The number of rotatable bonds is 8. The highest BCUT2D eigenvalue weighted by Gasteiger charge is 2.15. The number of aryl methyl sites for hydroxylation is 2. The van der Waals surface area contributed by atoms with Gasteiger partial charge in [0.05, 0.1) is 0 Å². The monoisotopic (exact) mass is 400 g/mol. The van der Waals surface area contributed by atoms with Gasteiger partial charge in [-0.05, 0) is 83.9 Å². The molecule has 0 aromatic heterocycles. The number of carbonyl (C=O) groups excluding carboxylic acids is 1. The Hall–Kier alpha value is -2.87. The Morgan fingerprint density at radius 1 is 1.10 bits per heavy atom. The van der Waals surface area contributed by atoms with Crippen molar-refractivity contribution in [2.75, 3.05) is 0 Å². The summed E-state index contributed by atoms with van der Waals surface area (Å²) in [5.41, 5.74) is 6.63. The van der Waals surface area contributed by atoms with Crippen LogP contribution in [0.4, 0.5) is 0 Å². The molecule has 2 atom stereocenters. The summed E-state index contributed by atoms with van der Waals surface area (Å²) >= 11 is 0. The number of carbonyl (C=O) groups is 1. The second kappa shape index (κ2) is 9.30. The number of hydrogen-bond donors (Lipinski definition) is 1. The zero-order valence-electron chi connectivity index (χ0n) is 18.5. The average Bonchev–Trinajstić information content (AvgIpc) is 2.76. The standard InChI is InChI=1S/C28H32O2/c1-6-18(2)21(5)19(3)7-9-22-10-8-20(4)26(14-22)25-12-11-24-13-23(17-29)15-28(30)27(24)16-25/h8,10-17,19,21,30H,2,6-7,9H2,1,3-5H3. The van der Waals surface area contributed by atoms with Gasteiger partial charge < -0.3 is 5.11 Å². The topological polar surface area (TPSA) is 37.3 Å². The third kappa shape index (κ3) is 4.64. The molecular formula is C28H32O2. The van der Waals surface area contributed by atoms with Gasteiger partial charge >= 0.3 is 0 Å². The minimum atomic E-state index is 0.143. The molecule has 0 radical (unpaired) electrons. The first-order valence-corrected chi connectivity index (χ1v) is 10.8. The predicted molar refractivity (Wildman–Crippen MR) is 127 cm³/mol. The summed E-state index contributed by atoms with van der Waals surface area (Å²) < 4.78 is 0. The molecule has 0 aliphatic carbocycles. The molecule has 0 aliphatic rings. The number of benzene rings is 3. The van der Waals surface area contributed by atoms with Crippen molar-refractivity contribution in [3.8, 4) is 16.9 Å². The van der Waals surface area contributed by atoms with Crippen molar-refractivity contribution in [3.05, 3.63) is 77.4 Å². The quantitative estimate of drug-likeness (QED) is 0.314. The number of aldehydes is 1. The molecule has 0 heterocycles. The van der Waals surface area contributed by atoms with E-state index in [4.69, 9.17) is 0 Å². The molecule has 156 valence electrons. The summed E-state index contributed by atoms with van der Waals surface area (Å²) in [7, 11) is 0. The van der Waals surface area contributed by atoms with Gasteiger partial charge in [0.2, 0.25) is 0 Å². The predicted octanol–water partition coefficient (Wildman–Crippen LogP) is 7.50. The minimum Gasteiger partial charge on any atom is -0.507 e. The van der Waals surface area contributed by atoms with Crippen LogP contribution in [0.2, 0.25) is 0 Å². The maximum Gasteiger partial charge on any atom is 0.150 e. The van der Waals surface area contributed by atoms with Gasteiger partial charge in [-0.2, -0.15) is 0 Å². The molecule has 0 saturated heterocycles. The van der Waals surface area contributed by atoms with Gasteiger partial charge in [-0.1, -0.05) is 63.3 Å². The summed E-state index contributed by atoms with van der Waals surface area (Å²) in [5.74, 6) is 1.29. The van der Waals surface area contributed by atoms with Crippen LogP contribution < -0.4 is 0 Å². The molecule has 0 fully saturated rings. The van der Waals surface area contributed by atoms with Gasteiger partial charge in [-0.3, -0.25) is 4.79 Å². The lowest BCUT2D eigenvalue weighted by molar-refractivity contribution is 0.112. The lowest BCUT2D eigenvalue weighted by Gasteiger charge is -2.21. The summed E-state index contributed by atoms with van der Waals surface area (Å²) in [6, 6.07) is 16.1. The number of phenols is 1. The minimum absolute atomic E-state index is 0.143. The van der Waals surface area contributed by atoms with E-state index in [-0.39, 0.29) is 5.75 Å². The zero-order valence-corrected chi connectivity index (χ0v) is 18.5. The first-order chi connectivity index (χ1) is 14.3. The van der Waals surface area contributed by atoms with Crippen LogP contribution in [0.15, 0.2) is 60.7 Å². The van der Waals surface area contributed by atoms with E-state index < -0.39 is 0 Å². The third-order valence-electron chi connectivity index (χ3n) is 6.54. The maximum absolute atomic E-state index is 11.1. The van der Waals surface area contributed by atoms with Crippen molar-refractivity contribution >= 4 is 17.1 Å². The number of allylic oxidation sites excluding steroid dienone is 1. The molecule has 0 aliphatic heterocycles. The molecule has 0 bridgehead atoms. The Kier molecular flexibility index (Phi) is 6.77. The molecule has 30 heavy (non-hydrogen) atoms. The van der Waals surface area contributed by atoms with Crippen LogP contribution in [0.1, 0.15) is 55.1 Å². The van der Waals surface area contributed by atoms with E-state index in [9.17, 15) is 9.90 Å². The second-order valence-electron chi connectivity index (χ2n) is 8.56. The Morgan fingerprint density at radius 3 is 2.57 bits per heavy atom. The van der Waals surface area contributed by atoms with Gasteiger partial charge in [-0.15, -0.1) is 0 Å². The summed E-state index contributed by atoms with van der Waals surface area (Å²) in [5, 5.41) is 12.0. The lowest BCUT2D eigenvalue weighted by atomic mass is 9.84. The van der Waals surface area contributed by atoms with E-state index in [1.165, 1.54) is 28.3 Å². The van der Waals surface area contributed by atoms with Gasteiger partial charge in [0.15, 0.2) is 0 Å². The third-order valence-corrected chi connectivity index (χ3v) is 6.54. The summed E-state index contributed by atoms with van der Waals surface area (Å²) in [4.78, 5) is 11.1. The molecule has 3 rings (SSSR count).